The molecule has 1 unspecified atom stereocenters. The summed E-state index contributed by atoms with van der Waals surface area (Å²) in [4.78, 5) is 32.7. The first-order valence-electron chi connectivity index (χ1n) is 5.44. The van der Waals surface area contributed by atoms with E-state index in [1.165, 1.54) is 6.92 Å². The molecule has 114 valence electrons. The van der Waals surface area contributed by atoms with E-state index in [4.69, 9.17) is 11.6 Å². The topological polar surface area (TPSA) is 127 Å². The van der Waals surface area contributed by atoms with E-state index in [0.717, 1.165) is 6.07 Å². The summed E-state index contributed by atoms with van der Waals surface area (Å²) in [7, 11) is -4.23. The maximum Gasteiger partial charge on any atom is 0.300 e. The minimum absolute atomic E-state index is 0.293. The molecule has 0 radical (unpaired) electrons. The van der Waals surface area contributed by atoms with Gasteiger partial charge in [0.25, 0.3) is 15.7 Å². The van der Waals surface area contributed by atoms with Crippen LogP contribution in [0.5, 0.6) is 0 Å². The Balaban J connectivity index is 2.46. The van der Waals surface area contributed by atoms with Crippen LogP contribution in [-0.2, 0) is 19.6 Å². The molecule has 1 aliphatic rings. The van der Waals surface area contributed by atoms with Crippen LogP contribution in [0, 0.1) is 10.1 Å². The highest BCUT2D eigenvalue weighted by molar-refractivity contribution is 7.91. The Morgan fingerprint density at radius 3 is 2.67 bits per heavy atom. The van der Waals surface area contributed by atoms with Gasteiger partial charge in [0.2, 0.25) is 11.8 Å². The Labute approximate surface area is 127 Å². The predicted molar refractivity (Wildman–Crippen MR) is 72.5 cm³/mol. The number of hydrogen-bond donors (Lipinski definition) is 1. The highest BCUT2D eigenvalue weighted by Gasteiger charge is 2.40. The number of piperazine rings is 1. The van der Waals surface area contributed by atoms with E-state index in [-0.39, 0.29) is 4.34 Å². The number of imide groups is 1. The molecule has 0 saturated carbocycles. The molecule has 2 rings (SSSR count). The first kappa shape index (κ1) is 15.8. The predicted octanol–water partition coefficient (Wildman–Crippen LogP) is 0.345. The molecule has 0 spiro atoms. The van der Waals surface area contributed by atoms with Crippen LogP contribution >= 0.6 is 22.9 Å². The van der Waals surface area contributed by atoms with Crippen LogP contribution in [0.3, 0.4) is 0 Å². The maximum absolute atomic E-state index is 12.4. The molecule has 0 bridgehead atoms. The Kier molecular flexibility index (Phi) is 4.02. The van der Waals surface area contributed by atoms with E-state index in [1.54, 1.807) is 0 Å². The fourth-order valence-corrected chi connectivity index (χ4v) is 5.03. The molecule has 1 saturated heterocycles. The number of hydrogen-bond acceptors (Lipinski definition) is 7. The SMILES string of the molecule is CC1C(=O)NC(=O)CN1S(=O)(=O)c1cc([N+](=O)[O-])c(Cl)s1. The minimum atomic E-state index is -4.23. The van der Waals surface area contributed by atoms with Crippen molar-refractivity contribution in [3.8, 4) is 0 Å². The van der Waals surface area contributed by atoms with Crippen LogP contribution in [0.2, 0.25) is 4.34 Å². The summed E-state index contributed by atoms with van der Waals surface area (Å²) in [5.41, 5.74) is -0.541. The Morgan fingerprint density at radius 2 is 2.14 bits per heavy atom. The van der Waals surface area contributed by atoms with Crippen molar-refractivity contribution < 1.29 is 22.9 Å². The van der Waals surface area contributed by atoms with Gasteiger partial charge in [0.1, 0.15) is 10.3 Å². The third-order valence-corrected chi connectivity index (χ3v) is 6.48. The van der Waals surface area contributed by atoms with E-state index in [2.05, 4.69) is 0 Å². The number of carbonyl (C=O) groups excluding carboxylic acids is 2. The van der Waals surface area contributed by atoms with Crippen molar-refractivity contribution in [1.29, 1.82) is 0 Å². The van der Waals surface area contributed by atoms with Crippen molar-refractivity contribution in [3.63, 3.8) is 0 Å². The zero-order chi connectivity index (χ0) is 15.9. The zero-order valence-electron chi connectivity index (χ0n) is 10.4. The van der Waals surface area contributed by atoms with Gasteiger partial charge in [-0.15, -0.1) is 11.3 Å². The molecule has 1 aromatic rings. The van der Waals surface area contributed by atoms with Crippen LogP contribution in [0.4, 0.5) is 5.69 Å². The fourth-order valence-electron chi connectivity index (χ4n) is 1.69. The molecular formula is C9H8ClN3O6S2. The van der Waals surface area contributed by atoms with Crippen LogP contribution in [0.25, 0.3) is 0 Å². The van der Waals surface area contributed by atoms with Crippen LogP contribution in [0.1, 0.15) is 6.92 Å². The molecule has 2 amide bonds. The van der Waals surface area contributed by atoms with Gasteiger partial charge in [-0.2, -0.15) is 4.31 Å². The molecule has 2 heterocycles. The minimum Gasteiger partial charge on any atom is -0.294 e. The Morgan fingerprint density at radius 1 is 1.52 bits per heavy atom. The first-order valence-corrected chi connectivity index (χ1v) is 8.07. The van der Waals surface area contributed by atoms with Gasteiger partial charge in [-0.1, -0.05) is 11.6 Å². The summed E-state index contributed by atoms with van der Waals surface area (Å²) in [6.07, 6.45) is 0. The average Bonchev–Trinajstić information content (AvgIpc) is 2.76. The summed E-state index contributed by atoms with van der Waals surface area (Å²) >= 11 is 6.13. The standard InChI is InChI=1S/C9H8ClN3O6S2/c1-4-9(15)11-6(14)3-12(4)21(18,19)7-2-5(13(16)17)8(10)20-7/h2,4H,3H2,1H3,(H,11,14,15). The smallest absolute Gasteiger partial charge is 0.294 e. The number of carbonyl (C=O) groups is 2. The lowest BCUT2D eigenvalue weighted by molar-refractivity contribution is -0.384. The van der Waals surface area contributed by atoms with Gasteiger partial charge in [0.05, 0.1) is 11.5 Å². The van der Waals surface area contributed by atoms with Crippen molar-refractivity contribution in [2.45, 2.75) is 17.2 Å². The molecule has 1 aliphatic heterocycles. The molecular weight excluding hydrogens is 346 g/mol. The number of thiophene rings is 1. The summed E-state index contributed by atoms with van der Waals surface area (Å²) in [6.45, 7) is 0.765. The van der Waals surface area contributed by atoms with Gasteiger partial charge >= 0.3 is 0 Å². The molecule has 1 N–H and O–H groups in total. The Bertz CT molecular complexity index is 743. The first-order chi connectivity index (χ1) is 9.64. The zero-order valence-corrected chi connectivity index (χ0v) is 12.8. The monoisotopic (exact) mass is 353 g/mol. The maximum atomic E-state index is 12.4. The van der Waals surface area contributed by atoms with Gasteiger partial charge in [0, 0.05) is 6.07 Å². The van der Waals surface area contributed by atoms with Crippen molar-refractivity contribution in [2.24, 2.45) is 0 Å². The summed E-state index contributed by atoms with van der Waals surface area (Å²) < 4.78 is 24.8. The van der Waals surface area contributed by atoms with Crippen molar-refractivity contribution >= 4 is 50.5 Å². The lowest BCUT2D eigenvalue weighted by Crippen LogP contribution is -2.58. The molecule has 1 aromatic heterocycles. The molecule has 0 aliphatic carbocycles. The van der Waals surface area contributed by atoms with Gasteiger partial charge < -0.3 is 0 Å². The second-order valence-electron chi connectivity index (χ2n) is 4.12. The van der Waals surface area contributed by atoms with Gasteiger partial charge in [-0.05, 0) is 6.92 Å². The van der Waals surface area contributed by atoms with E-state index < -0.39 is 49.2 Å². The third kappa shape index (κ3) is 2.77. The highest BCUT2D eigenvalue weighted by Crippen LogP contribution is 2.37. The molecule has 1 atom stereocenters. The number of nitrogens with one attached hydrogen (secondary N) is 1. The summed E-state index contributed by atoms with van der Waals surface area (Å²) in [6, 6.07) is -0.292. The number of halogens is 1. The van der Waals surface area contributed by atoms with Crippen LogP contribution < -0.4 is 5.32 Å². The highest BCUT2D eigenvalue weighted by atomic mass is 35.5. The molecule has 12 heteroatoms. The van der Waals surface area contributed by atoms with E-state index in [1.807, 2.05) is 5.32 Å². The summed E-state index contributed by atoms with van der Waals surface area (Å²) in [5, 5.41) is 12.7. The third-order valence-electron chi connectivity index (χ3n) is 2.78. The fraction of sp³-hybridized carbons (Fsp3) is 0.333. The molecule has 21 heavy (non-hydrogen) atoms. The van der Waals surface area contributed by atoms with E-state index in [0.29, 0.717) is 15.6 Å². The Hall–Kier alpha value is -1.56. The van der Waals surface area contributed by atoms with Crippen molar-refractivity contribution in [1.82, 2.24) is 9.62 Å². The van der Waals surface area contributed by atoms with Crippen LogP contribution in [0.15, 0.2) is 10.3 Å². The molecule has 1 fully saturated rings. The number of amides is 2. The lowest BCUT2D eigenvalue weighted by atomic mass is 10.2. The van der Waals surface area contributed by atoms with Gasteiger partial charge in [0.15, 0.2) is 4.34 Å². The number of nitrogens with zero attached hydrogens (tertiary/aromatic N) is 2. The second-order valence-corrected chi connectivity index (χ2v) is 7.89. The number of nitro groups is 1. The normalized spacial score (nSPS) is 20.4. The average molecular weight is 354 g/mol. The van der Waals surface area contributed by atoms with Gasteiger partial charge in [-0.3, -0.25) is 25.0 Å². The van der Waals surface area contributed by atoms with Crippen LogP contribution in [-0.4, -0.2) is 42.0 Å². The quantitative estimate of drug-likeness (QED) is 0.474. The van der Waals surface area contributed by atoms with E-state index >= 15 is 0 Å². The van der Waals surface area contributed by atoms with Gasteiger partial charge in [-0.25, -0.2) is 8.42 Å². The number of sulfonamides is 1. The summed E-state index contributed by atoms with van der Waals surface area (Å²) in [5.74, 6) is -1.52. The van der Waals surface area contributed by atoms with E-state index in [9.17, 15) is 28.1 Å². The van der Waals surface area contributed by atoms with Crippen molar-refractivity contribution in [2.75, 3.05) is 6.54 Å². The number of rotatable bonds is 3. The molecule has 9 nitrogen and oxygen atoms in total. The van der Waals surface area contributed by atoms with Crippen molar-refractivity contribution in [3.05, 3.63) is 20.5 Å². The second kappa shape index (κ2) is 5.33. The molecule has 0 aromatic carbocycles. The lowest BCUT2D eigenvalue weighted by Gasteiger charge is -2.29. The largest absolute Gasteiger partial charge is 0.300 e.